The van der Waals surface area contributed by atoms with Gasteiger partial charge in [-0.15, -0.1) is 0 Å². The Kier molecular flexibility index (Phi) is 3.97. The number of nitrogens with one attached hydrogen (secondary N) is 1. The first-order chi connectivity index (χ1) is 10.2. The number of rotatable bonds is 3. The van der Waals surface area contributed by atoms with Crippen LogP contribution < -0.4 is 5.43 Å². The summed E-state index contributed by atoms with van der Waals surface area (Å²) >= 11 is 3.50. The Labute approximate surface area is 131 Å². The van der Waals surface area contributed by atoms with Gasteiger partial charge in [-0.2, -0.15) is 5.10 Å². The highest BCUT2D eigenvalue weighted by Crippen LogP contribution is 2.26. The Balaban J connectivity index is 1.93. The standard InChI is InChI=1S/C17H14BrN3/c1-12-9-17(15-10-14(18)7-8-16(15)20-12)21-19-11-13-5-3-2-4-6-13/h2-11H,1H3,(H,20,21). The lowest BCUT2D eigenvalue weighted by atomic mass is 10.1. The van der Waals surface area contributed by atoms with Gasteiger partial charge >= 0.3 is 0 Å². The molecule has 1 N–H and O–H groups in total. The van der Waals surface area contributed by atoms with E-state index in [1.165, 1.54) is 0 Å². The Hall–Kier alpha value is -2.20. The molecule has 2 aromatic carbocycles. The molecule has 0 saturated heterocycles. The van der Waals surface area contributed by atoms with Gasteiger partial charge in [0.2, 0.25) is 0 Å². The minimum absolute atomic E-state index is 0.950. The van der Waals surface area contributed by atoms with E-state index in [2.05, 4.69) is 31.4 Å². The van der Waals surface area contributed by atoms with Crippen molar-refractivity contribution in [2.24, 2.45) is 5.10 Å². The Morgan fingerprint density at radius 1 is 1.10 bits per heavy atom. The van der Waals surface area contributed by atoms with Crippen molar-refractivity contribution in [1.82, 2.24) is 4.98 Å². The molecular formula is C17H14BrN3. The van der Waals surface area contributed by atoms with Gasteiger partial charge in [0, 0.05) is 15.6 Å². The summed E-state index contributed by atoms with van der Waals surface area (Å²) in [6, 6.07) is 18.0. The number of pyridine rings is 1. The second-order valence-corrected chi connectivity index (χ2v) is 5.67. The number of hydrazone groups is 1. The predicted molar refractivity (Wildman–Crippen MR) is 91.8 cm³/mol. The van der Waals surface area contributed by atoms with Gasteiger partial charge in [-0.3, -0.25) is 10.4 Å². The molecule has 3 nitrogen and oxygen atoms in total. The molecule has 0 amide bonds. The largest absolute Gasteiger partial charge is 0.278 e. The molecule has 0 saturated carbocycles. The fourth-order valence-electron chi connectivity index (χ4n) is 2.14. The maximum atomic E-state index is 4.53. The fraction of sp³-hybridized carbons (Fsp3) is 0.0588. The lowest BCUT2D eigenvalue weighted by Crippen LogP contribution is -1.94. The van der Waals surface area contributed by atoms with Crippen molar-refractivity contribution in [2.75, 3.05) is 5.43 Å². The summed E-state index contributed by atoms with van der Waals surface area (Å²) in [5.41, 5.74) is 7.03. The van der Waals surface area contributed by atoms with Gasteiger partial charge in [-0.25, -0.2) is 0 Å². The molecule has 104 valence electrons. The maximum Gasteiger partial charge on any atom is 0.0727 e. The summed E-state index contributed by atoms with van der Waals surface area (Å²) in [5.74, 6) is 0. The quantitative estimate of drug-likeness (QED) is 0.552. The number of anilines is 1. The number of fused-ring (bicyclic) bond motifs is 1. The van der Waals surface area contributed by atoms with E-state index in [9.17, 15) is 0 Å². The zero-order valence-electron chi connectivity index (χ0n) is 11.5. The van der Waals surface area contributed by atoms with Crippen molar-refractivity contribution in [3.8, 4) is 0 Å². The molecule has 0 unspecified atom stereocenters. The number of aryl methyl sites for hydroxylation is 1. The summed E-state index contributed by atoms with van der Waals surface area (Å²) in [6.07, 6.45) is 1.81. The van der Waals surface area contributed by atoms with E-state index in [0.29, 0.717) is 0 Å². The first-order valence-electron chi connectivity index (χ1n) is 6.63. The molecule has 3 aromatic rings. The van der Waals surface area contributed by atoms with E-state index in [-0.39, 0.29) is 0 Å². The van der Waals surface area contributed by atoms with Crippen LogP contribution in [0, 0.1) is 6.92 Å². The Morgan fingerprint density at radius 3 is 2.71 bits per heavy atom. The molecule has 0 atom stereocenters. The van der Waals surface area contributed by atoms with Crippen LogP contribution in [0.4, 0.5) is 5.69 Å². The molecule has 4 heteroatoms. The Morgan fingerprint density at radius 2 is 1.90 bits per heavy atom. The minimum atomic E-state index is 0.950. The summed E-state index contributed by atoms with van der Waals surface area (Å²) in [4.78, 5) is 4.53. The molecule has 1 aromatic heterocycles. The highest BCUT2D eigenvalue weighted by Gasteiger charge is 2.04. The summed E-state index contributed by atoms with van der Waals surface area (Å²) in [7, 11) is 0. The van der Waals surface area contributed by atoms with Gasteiger partial charge < -0.3 is 0 Å². The zero-order chi connectivity index (χ0) is 14.7. The monoisotopic (exact) mass is 339 g/mol. The molecule has 0 spiro atoms. The first kappa shape index (κ1) is 13.8. The van der Waals surface area contributed by atoms with Crippen LogP contribution in [0.3, 0.4) is 0 Å². The third-order valence-corrected chi connectivity index (χ3v) is 3.59. The highest BCUT2D eigenvalue weighted by atomic mass is 79.9. The SMILES string of the molecule is Cc1cc(NN=Cc2ccccc2)c2cc(Br)ccc2n1. The van der Waals surface area contributed by atoms with E-state index < -0.39 is 0 Å². The van der Waals surface area contributed by atoms with Crippen LogP contribution in [0.1, 0.15) is 11.3 Å². The van der Waals surface area contributed by atoms with Gasteiger partial charge in [0.1, 0.15) is 0 Å². The molecule has 21 heavy (non-hydrogen) atoms. The van der Waals surface area contributed by atoms with Crippen LogP contribution in [0.5, 0.6) is 0 Å². The zero-order valence-corrected chi connectivity index (χ0v) is 13.1. The number of nitrogens with zero attached hydrogens (tertiary/aromatic N) is 2. The van der Waals surface area contributed by atoms with Crippen LogP contribution >= 0.6 is 15.9 Å². The molecule has 0 aliphatic carbocycles. The van der Waals surface area contributed by atoms with E-state index in [0.717, 1.165) is 32.3 Å². The second-order valence-electron chi connectivity index (χ2n) is 4.75. The van der Waals surface area contributed by atoms with Crippen molar-refractivity contribution < 1.29 is 0 Å². The van der Waals surface area contributed by atoms with E-state index >= 15 is 0 Å². The lowest BCUT2D eigenvalue weighted by molar-refractivity contribution is 1.24. The fourth-order valence-corrected chi connectivity index (χ4v) is 2.50. The number of halogens is 1. The molecule has 1 heterocycles. The Bertz CT molecular complexity index is 798. The number of hydrogen-bond donors (Lipinski definition) is 1. The van der Waals surface area contributed by atoms with Crippen LogP contribution in [0.2, 0.25) is 0 Å². The summed E-state index contributed by atoms with van der Waals surface area (Å²) in [5, 5.41) is 5.36. The van der Waals surface area contributed by atoms with Gasteiger partial charge in [-0.05, 0) is 36.8 Å². The average Bonchev–Trinajstić information content (AvgIpc) is 2.49. The number of hydrogen-bond acceptors (Lipinski definition) is 3. The van der Waals surface area contributed by atoms with Crippen LogP contribution in [-0.2, 0) is 0 Å². The lowest BCUT2D eigenvalue weighted by Gasteiger charge is -2.07. The topological polar surface area (TPSA) is 37.3 Å². The molecule has 0 fully saturated rings. The molecule has 0 aliphatic heterocycles. The normalized spacial score (nSPS) is 11.1. The third-order valence-electron chi connectivity index (χ3n) is 3.10. The van der Waals surface area contributed by atoms with Crippen molar-refractivity contribution in [1.29, 1.82) is 0 Å². The molecule has 0 radical (unpaired) electrons. The van der Waals surface area contributed by atoms with Crippen molar-refractivity contribution in [3.05, 3.63) is 70.3 Å². The minimum Gasteiger partial charge on any atom is -0.278 e. The number of benzene rings is 2. The van der Waals surface area contributed by atoms with Gasteiger partial charge in [0.05, 0.1) is 17.4 Å². The van der Waals surface area contributed by atoms with E-state index in [4.69, 9.17) is 0 Å². The van der Waals surface area contributed by atoms with Crippen LogP contribution in [0.15, 0.2) is 64.2 Å². The highest BCUT2D eigenvalue weighted by molar-refractivity contribution is 9.10. The van der Waals surface area contributed by atoms with E-state index in [1.807, 2.05) is 61.5 Å². The number of aromatic nitrogens is 1. The molecule has 0 bridgehead atoms. The average molecular weight is 340 g/mol. The van der Waals surface area contributed by atoms with Crippen molar-refractivity contribution in [3.63, 3.8) is 0 Å². The summed E-state index contributed by atoms with van der Waals surface area (Å²) in [6.45, 7) is 1.98. The van der Waals surface area contributed by atoms with Gasteiger partial charge in [0.15, 0.2) is 0 Å². The van der Waals surface area contributed by atoms with Gasteiger partial charge in [-0.1, -0.05) is 46.3 Å². The second kappa shape index (κ2) is 6.06. The van der Waals surface area contributed by atoms with Gasteiger partial charge in [0.25, 0.3) is 0 Å². The molecule has 0 aliphatic rings. The third kappa shape index (κ3) is 3.28. The maximum absolute atomic E-state index is 4.53. The first-order valence-corrected chi connectivity index (χ1v) is 7.43. The van der Waals surface area contributed by atoms with Crippen LogP contribution in [-0.4, -0.2) is 11.2 Å². The predicted octanol–water partition coefficient (Wildman–Crippen LogP) is 4.75. The molecular weight excluding hydrogens is 326 g/mol. The van der Waals surface area contributed by atoms with Crippen LogP contribution in [0.25, 0.3) is 10.9 Å². The van der Waals surface area contributed by atoms with Crippen molar-refractivity contribution in [2.45, 2.75) is 6.92 Å². The smallest absolute Gasteiger partial charge is 0.0727 e. The summed E-state index contributed by atoms with van der Waals surface area (Å²) < 4.78 is 1.02. The molecule has 3 rings (SSSR count). The van der Waals surface area contributed by atoms with Crippen molar-refractivity contribution >= 4 is 38.7 Å². The van der Waals surface area contributed by atoms with E-state index in [1.54, 1.807) is 6.21 Å².